The summed E-state index contributed by atoms with van der Waals surface area (Å²) >= 11 is 0. The zero-order valence-electron chi connectivity index (χ0n) is 6.13. The zero-order chi connectivity index (χ0) is 10.5. The molecule has 0 aliphatic rings. The molecule has 68 valence electrons. The van der Waals surface area contributed by atoms with Gasteiger partial charge >= 0.3 is 6.18 Å². The number of aliphatic hydroxyl groups is 1. The number of nitriles is 2. The fourth-order valence-electron chi connectivity index (χ4n) is 0.356. The van der Waals surface area contributed by atoms with E-state index in [4.69, 9.17) is 15.6 Å². The molecule has 0 aromatic heterocycles. The summed E-state index contributed by atoms with van der Waals surface area (Å²) in [5, 5.41) is 24.5. The number of allylic oxidation sites excluding steroid dienone is 4. The Bertz CT molecular complexity index is 311. The average molecular weight is 188 g/mol. The Hall–Kier alpha value is -1.95. The minimum Gasteiger partial charge on any atom is -0.504 e. The molecular formula is C7H3F3N2O. The largest absolute Gasteiger partial charge is 0.504 e. The van der Waals surface area contributed by atoms with E-state index in [1.54, 1.807) is 0 Å². The van der Waals surface area contributed by atoms with Crippen molar-refractivity contribution in [3.8, 4) is 12.1 Å². The first kappa shape index (κ1) is 11.1. The van der Waals surface area contributed by atoms with Gasteiger partial charge in [0, 0.05) is 0 Å². The van der Waals surface area contributed by atoms with Gasteiger partial charge in [0.2, 0.25) is 0 Å². The van der Waals surface area contributed by atoms with Gasteiger partial charge in [0.15, 0.2) is 5.76 Å². The highest BCUT2D eigenvalue weighted by Crippen LogP contribution is 2.22. The van der Waals surface area contributed by atoms with E-state index in [9.17, 15) is 13.2 Å². The molecule has 3 nitrogen and oxygen atoms in total. The second-order valence-corrected chi connectivity index (χ2v) is 1.85. The van der Waals surface area contributed by atoms with E-state index in [0.717, 1.165) is 0 Å². The Labute approximate surface area is 71.6 Å². The normalized spacial score (nSPS) is 11.3. The summed E-state index contributed by atoms with van der Waals surface area (Å²) in [6, 6.07) is 2.67. The first-order chi connectivity index (χ1) is 5.91. The summed E-state index contributed by atoms with van der Waals surface area (Å²) < 4.78 is 34.8. The Balaban J connectivity index is 4.74. The van der Waals surface area contributed by atoms with E-state index in [-0.39, 0.29) is 6.08 Å². The van der Waals surface area contributed by atoms with E-state index in [1.165, 1.54) is 12.1 Å². The topological polar surface area (TPSA) is 67.8 Å². The van der Waals surface area contributed by atoms with Gasteiger partial charge in [-0.15, -0.1) is 0 Å². The molecule has 13 heavy (non-hydrogen) atoms. The summed E-state index contributed by atoms with van der Waals surface area (Å²) in [4.78, 5) is 0. The molecule has 0 amide bonds. The predicted molar refractivity (Wildman–Crippen MR) is 36.1 cm³/mol. The summed E-state index contributed by atoms with van der Waals surface area (Å²) in [6.45, 7) is 0. The lowest BCUT2D eigenvalue weighted by Crippen LogP contribution is -2.10. The van der Waals surface area contributed by atoms with Crippen molar-refractivity contribution < 1.29 is 18.3 Å². The van der Waals surface area contributed by atoms with E-state index in [0.29, 0.717) is 6.08 Å². The molecule has 0 spiro atoms. The quantitative estimate of drug-likeness (QED) is 0.388. The molecule has 6 heteroatoms. The minimum absolute atomic E-state index is 0.252. The molecule has 0 aromatic rings. The fraction of sp³-hybridized carbons (Fsp3) is 0.143. The molecule has 0 fully saturated rings. The van der Waals surface area contributed by atoms with Gasteiger partial charge in [-0.1, -0.05) is 0 Å². The molecule has 0 aliphatic carbocycles. The number of aliphatic hydroxyl groups excluding tert-OH is 1. The molecule has 0 heterocycles. The number of hydrogen-bond donors (Lipinski definition) is 1. The summed E-state index contributed by atoms with van der Waals surface area (Å²) in [6.07, 6.45) is -4.02. The van der Waals surface area contributed by atoms with Crippen LogP contribution in [-0.4, -0.2) is 11.3 Å². The van der Waals surface area contributed by atoms with Crippen molar-refractivity contribution in [3.05, 3.63) is 23.5 Å². The van der Waals surface area contributed by atoms with Crippen LogP contribution in [-0.2, 0) is 0 Å². The second-order valence-electron chi connectivity index (χ2n) is 1.85. The third kappa shape index (κ3) is 3.82. The standard InChI is InChI=1S/C7H3F3N2O/c8-7(9,10)6(13)2-1-5(3-11)4-12/h1-2,13H/b6-2-. The van der Waals surface area contributed by atoms with Crippen LogP contribution in [0.25, 0.3) is 0 Å². The monoisotopic (exact) mass is 188 g/mol. The van der Waals surface area contributed by atoms with Crippen molar-refractivity contribution in [3.63, 3.8) is 0 Å². The van der Waals surface area contributed by atoms with Crippen molar-refractivity contribution in [2.24, 2.45) is 0 Å². The van der Waals surface area contributed by atoms with Crippen LogP contribution in [0.1, 0.15) is 0 Å². The Morgan fingerprint density at radius 1 is 1.15 bits per heavy atom. The van der Waals surface area contributed by atoms with Crippen LogP contribution < -0.4 is 0 Å². The Kier molecular flexibility index (Phi) is 3.54. The molecule has 1 N–H and O–H groups in total. The lowest BCUT2D eigenvalue weighted by molar-refractivity contribution is -0.120. The van der Waals surface area contributed by atoms with Crippen molar-refractivity contribution >= 4 is 0 Å². The highest BCUT2D eigenvalue weighted by Gasteiger charge is 2.33. The van der Waals surface area contributed by atoms with Gasteiger partial charge in [-0.2, -0.15) is 23.7 Å². The molecule has 0 rings (SSSR count). The Morgan fingerprint density at radius 3 is 1.92 bits per heavy atom. The maximum Gasteiger partial charge on any atom is 0.448 e. The molecular weight excluding hydrogens is 185 g/mol. The van der Waals surface area contributed by atoms with Crippen molar-refractivity contribution in [1.82, 2.24) is 0 Å². The van der Waals surface area contributed by atoms with Gasteiger partial charge in [-0.25, -0.2) is 0 Å². The molecule has 0 atom stereocenters. The van der Waals surface area contributed by atoms with Crippen molar-refractivity contribution in [2.75, 3.05) is 0 Å². The first-order valence-corrected chi connectivity index (χ1v) is 2.90. The maximum absolute atomic E-state index is 11.6. The van der Waals surface area contributed by atoms with Crippen LogP contribution in [0, 0.1) is 22.7 Å². The van der Waals surface area contributed by atoms with Gasteiger partial charge in [0.1, 0.15) is 17.7 Å². The number of hydrogen-bond acceptors (Lipinski definition) is 3. The molecule has 0 saturated heterocycles. The SMILES string of the molecule is N#CC(C#N)=C/C=C(\O)C(F)(F)F. The van der Waals surface area contributed by atoms with Crippen LogP contribution in [0.2, 0.25) is 0 Å². The number of alkyl halides is 3. The lowest BCUT2D eigenvalue weighted by atomic mass is 10.3. The van der Waals surface area contributed by atoms with Crippen molar-refractivity contribution in [2.45, 2.75) is 6.18 Å². The average Bonchev–Trinajstić information content (AvgIpc) is 2.04. The molecule has 0 aromatic carbocycles. The fourth-order valence-corrected chi connectivity index (χ4v) is 0.356. The first-order valence-electron chi connectivity index (χ1n) is 2.90. The number of halogens is 3. The predicted octanol–water partition coefficient (Wildman–Crippen LogP) is 1.96. The highest BCUT2D eigenvalue weighted by atomic mass is 19.4. The number of nitrogens with zero attached hydrogens (tertiary/aromatic N) is 2. The lowest BCUT2D eigenvalue weighted by Gasteiger charge is -2.01. The van der Waals surface area contributed by atoms with Crippen molar-refractivity contribution in [1.29, 1.82) is 10.5 Å². The molecule has 0 unspecified atom stereocenters. The van der Waals surface area contributed by atoms with Gasteiger partial charge in [-0.3, -0.25) is 0 Å². The third-order valence-corrected chi connectivity index (χ3v) is 0.939. The molecule has 0 aliphatic heterocycles. The number of rotatable bonds is 1. The highest BCUT2D eigenvalue weighted by molar-refractivity contribution is 5.38. The summed E-state index contributed by atoms with van der Waals surface area (Å²) in [5.41, 5.74) is -0.518. The summed E-state index contributed by atoms with van der Waals surface area (Å²) in [5.74, 6) is -1.85. The molecule has 0 bridgehead atoms. The van der Waals surface area contributed by atoms with Gasteiger partial charge in [0.25, 0.3) is 0 Å². The van der Waals surface area contributed by atoms with E-state index >= 15 is 0 Å². The van der Waals surface area contributed by atoms with Gasteiger partial charge in [0.05, 0.1) is 0 Å². The van der Waals surface area contributed by atoms with E-state index < -0.39 is 17.5 Å². The van der Waals surface area contributed by atoms with E-state index in [1.807, 2.05) is 0 Å². The van der Waals surface area contributed by atoms with Gasteiger partial charge in [-0.05, 0) is 12.2 Å². The van der Waals surface area contributed by atoms with Crippen LogP contribution in [0.15, 0.2) is 23.5 Å². The van der Waals surface area contributed by atoms with Crippen LogP contribution in [0.5, 0.6) is 0 Å². The molecule has 0 saturated carbocycles. The summed E-state index contributed by atoms with van der Waals surface area (Å²) in [7, 11) is 0. The van der Waals surface area contributed by atoms with Crippen LogP contribution >= 0.6 is 0 Å². The Morgan fingerprint density at radius 2 is 1.62 bits per heavy atom. The minimum atomic E-state index is -4.85. The van der Waals surface area contributed by atoms with Gasteiger partial charge < -0.3 is 5.11 Å². The third-order valence-electron chi connectivity index (χ3n) is 0.939. The van der Waals surface area contributed by atoms with Crippen LogP contribution in [0.3, 0.4) is 0 Å². The zero-order valence-corrected chi connectivity index (χ0v) is 6.13. The smallest absolute Gasteiger partial charge is 0.448 e. The van der Waals surface area contributed by atoms with E-state index in [2.05, 4.69) is 0 Å². The van der Waals surface area contributed by atoms with Crippen LogP contribution in [0.4, 0.5) is 13.2 Å². The maximum atomic E-state index is 11.6. The second kappa shape index (κ2) is 4.17. The molecule has 0 radical (unpaired) electrons.